The van der Waals surface area contributed by atoms with Crippen molar-refractivity contribution in [2.24, 2.45) is 5.92 Å². The molecule has 0 aromatic heterocycles. The molecular formula is C14H26N2O2. The molecule has 0 aromatic carbocycles. The number of amides is 1. The van der Waals surface area contributed by atoms with Gasteiger partial charge in [-0.1, -0.05) is 6.92 Å². The Morgan fingerprint density at radius 3 is 2.72 bits per heavy atom. The molecule has 0 radical (unpaired) electrons. The van der Waals surface area contributed by atoms with Gasteiger partial charge >= 0.3 is 0 Å². The van der Waals surface area contributed by atoms with Crippen LogP contribution in [0.2, 0.25) is 0 Å². The second-order valence-corrected chi connectivity index (χ2v) is 5.67. The van der Waals surface area contributed by atoms with Crippen molar-refractivity contribution in [2.75, 3.05) is 26.2 Å². The summed E-state index contributed by atoms with van der Waals surface area (Å²) in [6.45, 7) is 7.87. The Bertz CT molecular complexity index is 277. The van der Waals surface area contributed by atoms with Crippen LogP contribution in [-0.4, -0.2) is 49.2 Å². The molecule has 0 aromatic rings. The first kappa shape index (κ1) is 13.8. The normalized spacial score (nSPS) is 31.1. The number of piperidine rings is 2. The van der Waals surface area contributed by atoms with Crippen molar-refractivity contribution in [1.29, 1.82) is 0 Å². The maximum Gasteiger partial charge on any atom is 0.251 e. The predicted octanol–water partition coefficient (Wildman–Crippen LogP) is 1.40. The van der Waals surface area contributed by atoms with Crippen molar-refractivity contribution in [3.63, 3.8) is 0 Å². The van der Waals surface area contributed by atoms with Crippen molar-refractivity contribution < 1.29 is 9.53 Å². The van der Waals surface area contributed by atoms with E-state index in [1.54, 1.807) is 0 Å². The standard InChI is InChI=1S/C14H26N2O2/c1-11-6-7-15-10-13(11)18-12(2)14(17)16-8-4-3-5-9-16/h11-13,15H,3-10H2,1-2H3. The summed E-state index contributed by atoms with van der Waals surface area (Å²) in [6, 6.07) is 0. The summed E-state index contributed by atoms with van der Waals surface area (Å²) in [7, 11) is 0. The summed E-state index contributed by atoms with van der Waals surface area (Å²) in [5.41, 5.74) is 0. The first-order valence-corrected chi connectivity index (χ1v) is 7.33. The van der Waals surface area contributed by atoms with Gasteiger partial charge in [-0.05, 0) is 45.1 Å². The molecule has 0 aliphatic carbocycles. The summed E-state index contributed by atoms with van der Waals surface area (Å²) in [5, 5.41) is 3.34. The fourth-order valence-electron chi connectivity index (χ4n) is 2.84. The van der Waals surface area contributed by atoms with Crippen LogP contribution < -0.4 is 5.32 Å². The molecule has 3 unspecified atom stereocenters. The molecular weight excluding hydrogens is 228 g/mol. The zero-order valence-electron chi connectivity index (χ0n) is 11.7. The zero-order chi connectivity index (χ0) is 13.0. The van der Waals surface area contributed by atoms with Gasteiger partial charge in [-0.3, -0.25) is 4.79 Å². The van der Waals surface area contributed by atoms with Crippen LogP contribution in [0.4, 0.5) is 0 Å². The number of carbonyl (C=O) groups is 1. The van der Waals surface area contributed by atoms with Gasteiger partial charge in [0, 0.05) is 19.6 Å². The van der Waals surface area contributed by atoms with Gasteiger partial charge in [-0.2, -0.15) is 0 Å². The van der Waals surface area contributed by atoms with E-state index in [9.17, 15) is 4.79 Å². The maximum absolute atomic E-state index is 12.3. The lowest BCUT2D eigenvalue weighted by molar-refractivity contribution is -0.149. The molecule has 2 fully saturated rings. The molecule has 0 saturated carbocycles. The lowest BCUT2D eigenvalue weighted by atomic mass is 9.97. The van der Waals surface area contributed by atoms with Gasteiger partial charge in [0.1, 0.15) is 6.10 Å². The fourth-order valence-corrected chi connectivity index (χ4v) is 2.84. The summed E-state index contributed by atoms with van der Waals surface area (Å²) >= 11 is 0. The number of hydrogen-bond acceptors (Lipinski definition) is 3. The highest BCUT2D eigenvalue weighted by atomic mass is 16.5. The first-order valence-electron chi connectivity index (χ1n) is 7.33. The Morgan fingerprint density at radius 1 is 1.33 bits per heavy atom. The summed E-state index contributed by atoms with van der Waals surface area (Å²) < 4.78 is 5.96. The van der Waals surface area contributed by atoms with Crippen LogP contribution in [0.5, 0.6) is 0 Å². The van der Waals surface area contributed by atoms with E-state index in [-0.39, 0.29) is 18.1 Å². The van der Waals surface area contributed by atoms with Crippen molar-refractivity contribution in [2.45, 2.75) is 51.7 Å². The lowest BCUT2D eigenvalue weighted by Gasteiger charge is -2.34. The average molecular weight is 254 g/mol. The highest BCUT2D eigenvalue weighted by Crippen LogP contribution is 2.18. The minimum absolute atomic E-state index is 0.174. The van der Waals surface area contributed by atoms with Gasteiger partial charge in [0.25, 0.3) is 5.91 Å². The molecule has 4 heteroatoms. The Morgan fingerprint density at radius 2 is 2.06 bits per heavy atom. The van der Waals surface area contributed by atoms with E-state index in [0.29, 0.717) is 5.92 Å². The van der Waals surface area contributed by atoms with E-state index < -0.39 is 0 Å². The van der Waals surface area contributed by atoms with Gasteiger partial charge in [-0.25, -0.2) is 0 Å². The Kier molecular flexibility index (Phi) is 5.01. The topological polar surface area (TPSA) is 41.6 Å². The molecule has 18 heavy (non-hydrogen) atoms. The number of nitrogens with one attached hydrogen (secondary N) is 1. The molecule has 2 saturated heterocycles. The van der Waals surface area contributed by atoms with E-state index in [2.05, 4.69) is 12.2 Å². The minimum atomic E-state index is -0.296. The molecule has 1 N–H and O–H groups in total. The van der Waals surface area contributed by atoms with Crippen LogP contribution in [0.15, 0.2) is 0 Å². The molecule has 2 aliphatic heterocycles. The number of rotatable bonds is 3. The molecule has 2 rings (SSSR count). The fraction of sp³-hybridized carbons (Fsp3) is 0.929. The Hall–Kier alpha value is -0.610. The molecule has 0 spiro atoms. The van der Waals surface area contributed by atoms with Gasteiger partial charge in [-0.15, -0.1) is 0 Å². The van der Waals surface area contributed by atoms with Crippen LogP contribution >= 0.6 is 0 Å². The van der Waals surface area contributed by atoms with Gasteiger partial charge < -0.3 is 15.0 Å². The average Bonchev–Trinajstić information content (AvgIpc) is 2.41. The SMILES string of the molecule is CC(OC1CNCCC1C)C(=O)N1CCCCC1. The quantitative estimate of drug-likeness (QED) is 0.828. The number of likely N-dealkylation sites (tertiary alicyclic amines) is 1. The van der Waals surface area contributed by atoms with Crippen molar-refractivity contribution in [3.8, 4) is 0 Å². The Balaban J connectivity index is 1.82. The minimum Gasteiger partial charge on any atom is -0.364 e. The highest BCUT2D eigenvalue weighted by molar-refractivity contribution is 5.80. The molecule has 2 aliphatic rings. The molecule has 2 heterocycles. The van der Waals surface area contributed by atoms with Gasteiger partial charge in [0.15, 0.2) is 0 Å². The van der Waals surface area contributed by atoms with Crippen LogP contribution in [0, 0.1) is 5.92 Å². The van der Waals surface area contributed by atoms with Crippen molar-refractivity contribution in [3.05, 3.63) is 0 Å². The second-order valence-electron chi connectivity index (χ2n) is 5.67. The monoisotopic (exact) mass is 254 g/mol. The summed E-state index contributed by atoms with van der Waals surface area (Å²) in [5.74, 6) is 0.718. The maximum atomic E-state index is 12.3. The first-order chi connectivity index (χ1) is 8.68. The third kappa shape index (κ3) is 3.45. The number of nitrogens with zero attached hydrogens (tertiary/aromatic N) is 1. The number of ether oxygens (including phenoxy) is 1. The summed E-state index contributed by atoms with van der Waals surface area (Å²) in [4.78, 5) is 14.2. The molecule has 104 valence electrons. The van der Waals surface area contributed by atoms with Gasteiger partial charge in [0.05, 0.1) is 6.10 Å². The second kappa shape index (κ2) is 6.53. The van der Waals surface area contributed by atoms with E-state index >= 15 is 0 Å². The third-order valence-electron chi connectivity index (χ3n) is 4.15. The van der Waals surface area contributed by atoms with Crippen LogP contribution in [-0.2, 0) is 9.53 Å². The predicted molar refractivity (Wildman–Crippen MR) is 71.4 cm³/mol. The number of carbonyl (C=O) groups excluding carboxylic acids is 1. The van der Waals surface area contributed by atoms with Crippen LogP contribution in [0.25, 0.3) is 0 Å². The third-order valence-corrected chi connectivity index (χ3v) is 4.15. The largest absolute Gasteiger partial charge is 0.364 e. The molecule has 3 atom stereocenters. The molecule has 0 bridgehead atoms. The van der Waals surface area contributed by atoms with E-state index in [4.69, 9.17) is 4.74 Å². The smallest absolute Gasteiger partial charge is 0.251 e. The number of hydrogen-bond donors (Lipinski definition) is 1. The van der Waals surface area contributed by atoms with Crippen LogP contribution in [0.3, 0.4) is 0 Å². The Labute approximate surface area is 110 Å². The van der Waals surface area contributed by atoms with E-state index in [1.807, 2.05) is 11.8 Å². The van der Waals surface area contributed by atoms with Crippen LogP contribution in [0.1, 0.15) is 39.5 Å². The van der Waals surface area contributed by atoms with E-state index in [1.165, 1.54) is 6.42 Å². The zero-order valence-corrected chi connectivity index (χ0v) is 11.7. The van der Waals surface area contributed by atoms with Crippen molar-refractivity contribution in [1.82, 2.24) is 10.2 Å². The van der Waals surface area contributed by atoms with E-state index in [0.717, 1.165) is 45.4 Å². The molecule has 1 amide bonds. The highest BCUT2D eigenvalue weighted by Gasteiger charge is 2.28. The lowest BCUT2D eigenvalue weighted by Crippen LogP contribution is -2.47. The molecule has 4 nitrogen and oxygen atoms in total. The summed E-state index contributed by atoms with van der Waals surface area (Å²) in [6.07, 6.45) is 4.55. The van der Waals surface area contributed by atoms with Gasteiger partial charge in [0.2, 0.25) is 0 Å². The van der Waals surface area contributed by atoms with Crippen molar-refractivity contribution >= 4 is 5.91 Å².